The maximum absolute atomic E-state index is 4.06. The van der Waals surface area contributed by atoms with Crippen molar-refractivity contribution in [3.05, 3.63) is 10.7 Å². The molecule has 1 heterocycles. The highest BCUT2D eigenvalue weighted by atomic mass is 79.9. The average Bonchev–Trinajstić information content (AvgIpc) is 1.77. The van der Waals surface area contributed by atoms with E-state index in [0.29, 0.717) is 5.92 Å². The van der Waals surface area contributed by atoms with Crippen LogP contribution in [0.25, 0.3) is 0 Å². The SMILES string of the molecule is CC1C=NC(Br)=CC1. The molecule has 1 rings (SSSR count). The van der Waals surface area contributed by atoms with E-state index < -0.39 is 0 Å². The fourth-order valence-electron chi connectivity index (χ4n) is 0.595. The predicted molar refractivity (Wildman–Crippen MR) is 39.3 cm³/mol. The lowest BCUT2D eigenvalue weighted by molar-refractivity contribution is 0.794. The first kappa shape index (κ1) is 6.02. The first-order chi connectivity index (χ1) is 3.79. The van der Waals surface area contributed by atoms with E-state index in [1.807, 2.05) is 6.21 Å². The maximum Gasteiger partial charge on any atom is 0.101 e. The summed E-state index contributed by atoms with van der Waals surface area (Å²) in [6.45, 7) is 2.15. The van der Waals surface area contributed by atoms with Crippen LogP contribution in [-0.2, 0) is 0 Å². The van der Waals surface area contributed by atoms with Crippen LogP contribution in [0.1, 0.15) is 13.3 Å². The van der Waals surface area contributed by atoms with Crippen LogP contribution in [0.15, 0.2) is 15.7 Å². The molecule has 44 valence electrons. The molecule has 1 unspecified atom stereocenters. The van der Waals surface area contributed by atoms with Crippen molar-refractivity contribution in [2.24, 2.45) is 10.9 Å². The van der Waals surface area contributed by atoms with Gasteiger partial charge in [-0.05, 0) is 28.3 Å². The van der Waals surface area contributed by atoms with Crippen LogP contribution in [0.5, 0.6) is 0 Å². The molecule has 0 bridgehead atoms. The van der Waals surface area contributed by atoms with Gasteiger partial charge in [0, 0.05) is 6.21 Å². The Morgan fingerprint density at radius 3 is 3.00 bits per heavy atom. The molecule has 1 atom stereocenters. The Bertz CT molecular complexity index is 137. The molecule has 1 aliphatic heterocycles. The molecule has 0 fully saturated rings. The molecule has 2 heteroatoms. The van der Waals surface area contributed by atoms with Gasteiger partial charge >= 0.3 is 0 Å². The van der Waals surface area contributed by atoms with E-state index in [1.54, 1.807) is 0 Å². The zero-order chi connectivity index (χ0) is 5.98. The van der Waals surface area contributed by atoms with E-state index in [0.717, 1.165) is 11.0 Å². The lowest BCUT2D eigenvalue weighted by Gasteiger charge is -2.04. The first-order valence-corrected chi connectivity index (χ1v) is 3.48. The second-order valence-corrected chi connectivity index (χ2v) is 2.83. The summed E-state index contributed by atoms with van der Waals surface area (Å²) in [4.78, 5) is 4.06. The van der Waals surface area contributed by atoms with E-state index >= 15 is 0 Å². The van der Waals surface area contributed by atoms with Crippen molar-refractivity contribution in [2.45, 2.75) is 13.3 Å². The Morgan fingerprint density at radius 1 is 1.88 bits per heavy atom. The van der Waals surface area contributed by atoms with Gasteiger partial charge in [0.15, 0.2) is 0 Å². The third-order valence-corrected chi connectivity index (χ3v) is 1.64. The van der Waals surface area contributed by atoms with Crippen molar-refractivity contribution in [1.82, 2.24) is 0 Å². The molecule has 8 heavy (non-hydrogen) atoms. The molecular weight excluding hydrogens is 166 g/mol. The highest BCUT2D eigenvalue weighted by Gasteiger charge is 2.00. The van der Waals surface area contributed by atoms with Gasteiger partial charge in [-0.25, -0.2) is 0 Å². The summed E-state index contributed by atoms with van der Waals surface area (Å²) in [6, 6.07) is 0. The van der Waals surface area contributed by atoms with Gasteiger partial charge in [0.2, 0.25) is 0 Å². The Balaban J connectivity index is 2.58. The summed E-state index contributed by atoms with van der Waals surface area (Å²) in [7, 11) is 0. The third kappa shape index (κ3) is 1.44. The number of hydrogen-bond donors (Lipinski definition) is 0. The van der Waals surface area contributed by atoms with Crippen molar-refractivity contribution in [3.8, 4) is 0 Å². The number of aliphatic imine (C=N–C) groups is 1. The van der Waals surface area contributed by atoms with Crippen LogP contribution in [-0.4, -0.2) is 6.21 Å². The van der Waals surface area contributed by atoms with E-state index in [9.17, 15) is 0 Å². The van der Waals surface area contributed by atoms with Gasteiger partial charge in [-0.1, -0.05) is 13.0 Å². The van der Waals surface area contributed by atoms with Crippen LogP contribution in [0.4, 0.5) is 0 Å². The third-order valence-electron chi connectivity index (χ3n) is 1.11. The van der Waals surface area contributed by atoms with Gasteiger partial charge in [-0.3, -0.25) is 4.99 Å². The highest BCUT2D eigenvalue weighted by molar-refractivity contribution is 9.11. The highest BCUT2D eigenvalue weighted by Crippen LogP contribution is 2.15. The van der Waals surface area contributed by atoms with E-state index in [4.69, 9.17) is 0 Å². The lowest BCUT2D eigenvalue weighted by Crippen LogP contribution is -1.97. The second-order valence-electron chi connectivity index (χ2n) is 2.02. The lowest BCUT2D eigenvalue weighted by atomic mass is 10.1. The van der Waals surface area contributed by atoms with E-state index in [1.165, 1.54) is 0 Å². The molecule has 0 amide bonds. The summed E-state index contributed by atoms with van der Waals surface area (Å²) < 4.78 is 0.968. The molecule has 0 spiro atoms. The van der Waals surface area contributed by atoms with E-state index in [-0.39, 0.29) is 0 Å². The zero-order valence-electron chi connectivity index (χ0n) is 4.76. The number of nitrogens with zero attached hydrogens (tertiary/aromatic N) is 1. The van der Waals surface area contributed by atoms with Crippen molar-refractivity contribution in [3.63, 3.8) is 0 Å². The van der Waals surface area contributed by atoms with Gasteiger partial charge in [-0.2, -0.15) is 0 Å². The Morgan fingerprint density at radius 2 is 2.62 bits per heavy atom. The summed E-state index contributed by atoms with van der Waals surface area (Å²) in [5.41, 5.74) is 0. The van der Waals surface area contributed by atoms with Crippen molar-refractivity contribution in [2.75, 3.05) is 0 Å². The zero-order valence-corrected chi connectivity index (χ0v) is 6.35. The molecule has 0 radical (unpaired) electrons. The summed E-state index contributed by atoms with van der Waals surface area (Å²) in [5.74, 6) is 0.622. The minimum absolute atomic E-state index is 0.622. The van der Waals surface area contributed by atoms with Crippen LogP contribution < -0.4 is 0 Å². The van der Waals surface area contributed by atoms with E-state index in [2.05, 4.69) is 33.9 Å². The van der Waals surface area contributed by atoms with Gasteiger partial charge < -0.3 is 0 Å². The number of rotatable bonds is 0. The minimum atomic E-state index is 0.622. The number of halogens is 1. The number of hydrogen-bond acceptors (Lipinski definition) is 1. The molecule has 0 N–H and O–H groups in total. The van der Waals surface area contributed by atoms with Crippen molar-refractivity contribution in [1.29, 1.82) is 0 Å². The maximum atomic E-state index is 4.06. The topological polar surface area (TPSA) is 12.4 Å². The molecule has 1 aliphatic rings. The Hall–Kier alpha value is -0.110. The van der Waals surface area contributed by atoms with Gasteiger partial charge in [0.1, 0.15) is 4.61 Å². The molecule has 0 saturated heterocycles. The fourth-order valence-corrected chi connectivity index (χ4v) is 0.900. The van der Waals surface area contributed by atoms with Gasteiger partial charge in [0.25, 0.3) is 0 Å². The molecule has 0 aliphatic carbocycles. The quantitative estimate of drug-likeness (QED) is 0.499. The largest absolute Gasteiger partial charge is 0.254 e. The summed E-state index contributed by atoms with van der Waals surface area (Å²) in [6.07, 6.45) is 5.17. The molecule has 0 aromatic heterocycles. The second kappa shape index (κ2) is 2.44. The fraction of sp³-hybridized carbons (Fsp3) is 0.500. The molecule has 0 aromatic rings. The summed E-state index contributed by atoms with van der Waals surface area (Å²) >= 11 is 3.28. The van der Waals surface area contributed by atoms with Crippen LogP contribution in [0.3, 0.4) is 0 Å². The monoisotopic (exact) mass is 173 g/mol. The molecule has 0 saturated carbocycles. The standard InChI is InChI=1S/C6H8BrN/c1-5-2-3-6(7)8-4-5/h3-5H,2H2,1H3. The smallest absolute Gasteiger partial charge is 0.101 e. The van der Waals surface area contributed by atoms with Crippen LogP contribution >= 0.6 is 15.9 Å². The van der Waals surface area contributed by atoms with Crippen molar-refractivity contribution < 1.29 is 0 Å². The van der Waals surface area contributed by atoms with Gasteiger partial charge in [0.05, 0.1) is 0 Å². The van der Waals surface area contributed by atoms with Crippen molar-refractivity contribution >= 4 is 22.1 Å². The normalized spacial score (nSPS) is 27.8. The molecule has 0 aromatic carbocycles. The number of allylic oxidation sites excluding steroid dienone is 1. The molecular formula is C6H8BrN. The Labute approximate surface area is 57.6 Å². The van der Waals surface area contributed by atoms with Gasteiger partial charge in [-0.15, -0.1) is 0 Å². The van der Waals surface area contributed by atoms with Crippen LogP contribution in [0.2, 0.25) is 0 Å². The predicted octanol–water partition coefficient (Wildman–Crippen LogP) is 2.33. The summed E-state index contributed by atoms with van der Waals surface area (Å²) in [5, 5.41) is 0. The molecule has 1 nitrogen and oxygen atoms in total. The Kier molecular flexibility index (Phi) is 1.84. The average molecular weight is 174 g/mol. The first-order valence-electron chi connectivity index (χ1n) is 2.69. The minimum Gasteiger partial charge on any atom is -0.254 e. The van der Waals surface area contributed by atoms with Crippen LogP contribution in [0, 0.1) is 5.92 Å².